The Bertz CT molecular complexity index is 620. The Morgan fingerprint density at radius 3 is 2.47 bits per heavy atom. The second-order valence-corrected chi connectivity index (χ2v) is 5.55. The van der Waals surface area contributed by atoms with Crippen molar-refractivity contribution in [3.63, 3.8) is 0 Å². The summed E-state index contributed by atoms with van der Waals surface area (Å²) in [5, 5.41) is 19.5. The van der Waals surface area contributed by atoms with Crippen LogP contribution in [0.25, 0.3) is 0 Å². The van der Waals surface area contributed by atoms with Crippen LogP contribution >= 0.6 is 10.7 Å². The van der Waals surface area contributed by atoms with Crippen LogP contribution in [-0.2, 0) is 15.6 Å². The largest absolute Gasteiger partial charge is 0.326 e. The molecule has 2 N–H and O–H groups in total. The Hall–Kier alpha value is -1.69. The van der Waals surface area contributed by atoms with Gasteiger partial charge in [-0.3, -0.25) is 10.1 Å². The van der Waals surface area contributed by atoms with E-state index in [1.54, 1.807) is 6.07 Å². The molecular weight excluding hydrogens is 270 g/mol. The molecule has 0 unspecified atom stereocenters. The van der Waals surface area contributed by atoms with Crippen molar-refractivity contribution in [3.8, 4) is 6.07 Å². The van der Waals surface area contributed by atoms with E-state index in [9.17, 15) is 18.5 Å². The lowest BCUT2D eigenvalue weighted by Crippen LogP contribution is -2.05. The number of benzene rings is 1. The van der Waals surface area contributed by atoms with Gasteiger partial charge in [-0.15, -0.1) is 0 Å². The molecule has 0 aromatic heterocycles. The summed E-state index contributed by atoms with van der Waals surface area (Å²) in [5.74, 6) is 0. The highest BCUT2D eigenvalue weighted by molar-refractivity contribution is 8.13. The van der Waals surface area contributed by atoms with Gasteiger partial charge < -0.3 is 5.73 Å². The molecule has 90 valence electrons. The van der Waals surface area contributed by atoms with E-state index in [4.69, 9.17) is 21.7 Å². The van der Waals surface area contributed by atoms with Crippen molar-refractivity contribution in [2.45, 2.75) is 11.4 Å². The number of nitrogens with zero attached hydrogens (tertiary/aromatic N) is 2. The van der Waals surface area contributed by atoms with Gasteiger partial charge in [-0.25, -0.2) is 8.42 Å². The molecule has 0 aliphatic carbocycles. The quantitative estimate of drug-likeness (QED) is 0.495. The summed E-state index contributed by atoms with van der Waals surface area (Å²) >= 11 is 0. The van der Waals surface area contributed by atoms with Crippen LogP contribution in [0.3, 0.4) is 0 Å². The number of halogens is 1. The maximum atomic E-state index is 11.1. The second-order valence-electron chi connectivity index (χ2n) is 2.99. The normalized spacial score (nSPS) is 10.9. The van der Waals surface area contributed by atoms with Crippen molar-refractivity contribution < 1.29 is 13.3 Å². The molecule has 0 amide bonds. The van der Waals surface area contributed by atoms with Gasteiger partial charge in [0, 0.05) is 23.3 Å². The molecule has 0 aliphatic rings. The zero-order valence-corrected chi connectivity index (χ0v) is 9.83. The lowest BCUT2D eigenvalue weighted by molar-refractivity contribution is -0.385. The van der Waals surface area contributed by atoms with E-state index in [0.29, 0.717) is 0 Å². The minimum absolute atomic E-state index is 0.0564. The molecular formula is C8H6ClN3O4S. The first-order chi connectivity index (χ1) is 7.81. The van der Waals surface area contributed by atoms with Gasteiger partial charge in [0.05, 0.1) is 9.82 Å². The van der Waals surface area contributed by atoms with Gasteiger partial charge in [0.1, 0.15) is 11.6 Å². The molecule has 1 aromatic rings. The fourth-order valence-electron chi connectivity index (χ4n) is 1.23. The summed E-state index contributed by atoms with van der Waals surface area (Å²) in [6, 6.07) is 3.40. The lowest BCUT2D eigenvalue weighted by Gasteiger charge is -2.04. The van der Waals surface area contributed by atoms with E-state index in [0.717, 1.165) is 12.1 Å². The minimum atomic E-state index is -4.11. The Morgan fingerprint density at radius 2 is 2.12 bits per heavy atom. The lowest BCUT2D eigenvalue weighted by atomic mass is 10.1. The molecule has 0 radical (unpaired) electrons. The fraction of sp³-hybridized carbons (Fsp3) is 0.125. The standard InChI is InChI=1S/C8H6ClN3O4S/c9-17(15,16)6-1-5(3-10)7(4-11)8(2-6)12(13)14/h1-2H,3,10H2. The van der Waals surface area contributed by atoms with Gasteiger partial charge in [0.2, 0.25) is 0 Å². The predicted molar refractivity (Wildman–Crippen MR) is 58.7 cm³/mol. The van der Waals surface area contributed by atoms with E-state index in [1.165, 1.54) is 0 Å². The van der Waals surface area contributed by atoms with Crippen LogP contribution in [0.4, 0.5) is 5.69 Å². The van der Waals surface area contributed by atoms with Crippen molar-refractivity contribution in [1.82, 2.24) is 0 Å². The summed E-state index contributed by atoms with van der Waals surface area (Å²) in [6.07, 6.45) is 0. The van der Waals surface area contributed by atoms with E-state index >= 15 is 0 Å². The van der Waals surface area contributed by atoms with Crippen LogP contribution in [0.5, 0.6) is 0 Å². The number of hydrogen-bond donors (Lipinski definition) is 1. The molecule has 1 rings (SSSR count). The average Bonchev–Trinajstić information content (AvgIpc) is 2.25. The first-order valence-corrected chi connectivity index (χ1v) is 6.48. The molecule has 0 fully saturated rings. The molecule has 0 bridgehead atoms. The third kappa shape index (κ3) is 2.71. The van der Waals surface area contributed by atoms with E-state index in [-0.39, 0.29) is 17.7 Å². The number of nitro groups is 1. The summed E-state index contributed by atoms with van der Waals surface area (Å²) < 4.78 is 22.2. The van der Waals surface area contributed by atoms with Crippen molar-refractivity contribution in [1.29, 1.82) is 5.26 Å². The molecule has 1 aromatic carbocycles. The average molecular weight is 276 g/mol. The Labute approximate surface area is 101 Å². The first kappa shape index (κ1) is 13.4. The van der Waals surface area contributed by atoms with Crippen molar-refractivity contribution >= 4 is 25.4 Å². The number of nitriles is 1. The van der Waals surface area contributed by atoms with Gasteiger partial charge in [0.15, 0.2) is 0 Å². The molecule has 0 spiro atoms. The van der Waals surface area contributed by atoms with Gasteiger partial charge in [0.25, 0.3) is 14.7 Å². The van der Waals surface area contributed by atoms with Gasteiger partial charge in [-0.05, 0) is 11.6 Å². The third-order valence-corrected chi connectivity index (χ3v) is 3.32. The summed E-state index contributed by atoms with van der Waals surface area (Å²) in [7, 11) is 0.972. The highest BCUT2D eigenvalue weighted by Gasteiger charge is 2.23. The van der Waals surface area contributed by atoms with Crippen molar-refractivity contribution in [2.75, 3.05) is 0 Å². The Morgan fingerprint density at radius 1 is 1.53 bits per heavy atom. The predicted octanol–water partition coefficient (Wildman–Crippen LogP) is 0.853. The summed E-state index contributed by atoms with van der Waals surface area (Å²) in [4.78, 5) is 9.39. The maximum absolute atomic E-state index is 11.1. The van der Waals surface area contributed by atoms with Crippen LogP contribution in [0.15, 0.2) is 17.0 Å². The maximum Gasteiger partial charge on any atom is 0.288 e. The van der Waals surface area contributed by atoms with Crippen LogP contribution in [0.2, 0.25) is 0 Å². The molecule has 0 atom stereocenters. The van der Waals surface area contributed by atoms with Gasteiger partial charge >= 0.3 is 0 Å². The number of nitro benzene ring substituents is 1. The molecule has 0 aliphatic heterocycles. The second kappa shape index (κ2) is 4.67. The summed E-state index contributed by atoms with van der Waals surface area (Å²) in [6.45, 7) is -0.204. The van der Waals surface area contributed by atoms with E-state index in [1.807, 2.05) is 0 Å². The molecule has 0 saturated heterocycles. The van der Waals surface area contributed by atoms with E-state index < -0.39 is 24.6 Å². The number of nitrogens with two attached hydrogens (primary N) is 1. The molecule has 0 saturated carbocycles. The minimum Gasteiger partial charge on any atom is -0.326 e. The van der Waals surface area contributed by atoms with Crippen LogP contribution in [0.1, 0.15) is 11.1 Å². The van der Waals surface area contributed by atoms with Crippen LogP contribution in [0, 0.1) is 21.4 Å². The third-order valence-electron chi connectivity index (χ3n) is 1.98. The topological polar surface area (TPSA) is 127 Å². The molecule has 0 heterocycles. The molecule has 7 nitrogen and oxygen atoms in total. The zero-order valence-electron chi connectivity index (χ0n) is 8.25. The SMILES string of the molecule is N#Cc1c(CN)cc(S(=O)(=O)Cl)cc1[N+](=O)[O-]. The molecule has 9 heteroatoms. The smallest absolute Gasteiger partial charge is 0.288 e. The van der Waals surface area contributed by atoms with Gasteiger partial charge in [-0.2, -0.15) is 5.26 Å². The van der Waals surface area contributed by atoms with Crippen LogP contribution < -0.4 is 5.73 Å². The van der Waals surface area contributed by atoms with Crippen molar-refractivity contribution in [3.05, 3.63) is 33.4 Å². The summed E-state index contributed by atoms with van der Waals surface area (Å²) in [5.41, 5.74) is 4.46. The monoisotopic (exact) mass is 275 g/mol. The van der Waals surface area contributed by atoms with Gasteiger partial charge in [-0.1, -0.05) is 0 Å². The fourth-order valence-corrected chi connectivity index (χ4v) is 2.03. The Kier molecular flexibility index (Phi) is 3.67. The van der Waals surface area contributed by atoms with E-state index in [2.05, 4.69) is 0 Å². The number of rotatable bonds is 3. The zero-order chi connectivity index (χ0) is 13.2. The van der Waals surface area contributed by atoms with Crippen LogP contribution in [-0.4, -0.2) is 13.3 Å². The number of hydrogen-bond acceptors (Lipinski definition) is 6. The first-order valence-electron chi connectivity index (χ1n) is 4.17. The highest BCUT2D eigenvalue weighted by Crippen LogP contribution is 2.27. The highest BCUT2D eigenvalue weighted by atomic mass is 35.7. The van der Waals surface area contributed by atoms with Crippen molar-refractivity contribution in [2.24, 2.45) is 5.73 Å². The Balaban J connectivity index is 3.71. The molecule has 17 heavy (non-hydrogen) atoms.